The molecule has 0 aliphatic heterocycles. The van der Waals surface area contributed by atoms with E-state index < -0.39 is 11.8 Å². The zero-order valence-corrected chi connectivity index (χ0v) is 18.9. The number of furan rings is 1. The van der Waals surface area contributed by atoms with E-state index in [0.717, 1.165) is 6.42 Å². The Kier molecular flexibility index (Phi) is 8.35. The summed E-state index contributed by atoms with van der Waals surface area (Å²) in [6.07, 6.45) is 2.30. The molecule has 0 aliphatic rings. The SMILES string of the molecule is COc1cc(C(=O)NNC(=O)c2occc2COc2ccccc2)ccc1OCCC(C)C. The van der Waals surface area contributed by atoms with Crippen LogP contribution in [0.1, 0.15) is 46.7 Å². The van der Waals surface area contributed by atoms with Crippen LogP contribution >= 0.6 is 0 Å². The lowest BCUT2D eigenvalue weighted by Gasteiger charge is -2.13. The van der Waals surface area contributed by atoms with Gasteiger partial charge in [-0.05, 0) is 48.7 Å². The van der Waals surface area contributed by atoms with Crippen molar-refractivity contribution < 1.29 is 28.2 Å². The minimum Gasteiger partial charge on any atom is -0.493 e. The van der Waals surface area contributed by atoms with E-state index in [2.05, 4.69) is 24.7 Å². The number of para-hydroxylation sites is 1. The van der Waals surface area contributed by atoms with Gasteiger partial charge in [0.2, 0.25) is 0 Å². The summed E-state index contributed by atoms with van der Waals surface area (Å²) in [7, 11) is 1.50. The normalized spacial score (nSPS) is 10.5. The Labute approximate surface area is 192 Å². The lowest BCUT2D eigenvalue weighted by atomic mass is 10.1. The van der Waals surface area contributed by atoms with Gasteiger partial charge in [0.15, 0.2) is 17.3 Å². The molecule has 1 heterocycles. The first-order chi connectivity index (χ1) is 16.0. The largest absolute Gasteiger partial charge is 0.493 e. The number of hydrogen-bond acceptors (Lipinski definition) is 6. The van der Waals surface area contributed by atoms with E-state index in [0.29, 0.717) is 40.9 Å². The summed E-state index contributed by atoms with van der Waals surface area (Å²) in [5, 5.41) is 0. The molecule has 0 unspecified atom stereocenters. The molecule has 8 nitrogen and oxygen atoms in total. The van der Waals surface area contributed by atoms with Crippen molar-refractivity contribution in [3.63, 3.8) is 0 Å². The number of nitrogens with one attached hydrogen (secondary N) is 2. The second-order valence-electron chi connectivity index (χ2n) is 7.68. The molecule has 0 aliphatic carbocycles. The fraction of sp³-hybridized carbons (Fsp3) is 0.280. The smallest absolute Gasteiger partial charge is 0.305 e. The van der Waals surface area contributed by atoms with Gasteiger partial charge in [-0.25, -0.2) is 0 Å². The van der Waals surface area contributed by atoms with Crippen molar-refractivity contribution in [2.24, 2.45) is 5.92 Å². The number of hydrazine groups is 1. The zero-order chi connectivity index (χ0) is 23.6. The predicted molar refractivity (Wildman–Crippen MR) is 122 cm³/mol. The van der Waals surface area contributed by atoms with Crippen LogP contribution in [0.25, 0.3) is 0 Å². The minimum atomic E-state index is -0.597. The molecule has 0 saturated heterocycles. The number of methoxy groups -OCH3 is 1. The Morgan fingerprint density at radius 3 is 2.42 bits per heavy atom. The van der Waals surface area contributed by atoms with E-state index in [9.17, 15) is 9.59 Å². The molecule has 0 spiro atoms. The van der Waals surface area contributed by atoms with Crippen molar-refractivity contribution in [1.82, 2.24) is 10.9 Å². The second-order valence-corrected chi connectivity index (χ2v) is 7.68. The lowest BCUT2D eigenvalue weighted by Crippen LogP contribution is -2.41. The van der Waals surface area contributed by atoms with E-state index in [1.807, 2.05) is 30.3 Å². The van der Waals surface area contributed by atoms with E-state index >= 15 is 0 Å². The van der Waals surface area contributed by atoms with Crippen LogP contribution in [0.3, 0.4) is 0 Å². The van der Waals surface area contributed by atoms with Crippen molar-refractivity contribution in [2.45, 2.75) is 26.9 Å². The van der Waals surface area contributed by atoms with Crippen LogP contribution in [0, 0.1) is 5.92 Å². The van der Waals surface area contributed by atoms with E-state index in [-0.39, 0.29) is 12.4 Å². The third-order valence-corrected chi connectivity index (χ3v) is 4.76. The maximum Gasteiger partial charge on any atom is 0.305 e. The molecular weight excluding hydrogens is 424 g/mol. The Bertz CT molecular complexity index is 1060. The summed E-state index contributed by atoms with van der Waals surface area (Å²) in [5.41, 5.74) is 5.59. The summed E-state index contributed by atoms with van der Waals surface area (Å²) in [6, 6.07) is 15.7. The fourth-order valence-electron chi connectivity index (χ4n) is 2.90. The summed E-state index contributed by atoms with van der Waals surface area (Å²) in [6.45, 7) is 4.93. The highest BCUT2D eigenvalue weighted by Gasteiger charge is 2.18. The predicted octanol–water partition coefficient (Wildman–Crippen LogP) is 4.37. The summed E-state index contributed by atoms with van der Waals surface area (Å²) in [5.74, 6) is 1.12. The van der Waals surface area contributed by atoms with Gasteiger partial charge in [-0.15, -0.1) is 0 Å². The van der Waals surface area contributed by atoms with E-state index in [1.54, 1.807) is 24.3 Å². The first kappa shape index (κ1) is 23.7. The Hall–Kier alpha value is -3.94. The Morgan fingerprint density at radius 2 is 1.70 bits per heavy atom. The molecule has 2 aromatic carbocycles. The fourth-order valence-corrected chi connectivity index (χ4v) is 2.90. The molecule has 2 amide bonds. The quantitative estimate of drug-likeness (QED) is 0.443. The number of carbonyl (C=O) groups excluding carboxylic acids is 2. The van der Waals surface area contributed by atoms with Crippen molar-refractivity contribution in [2.75, 3.05) is 13.7 Å². The van der Waals surface area contributed by atoms with Gasteiger partial charge in [0.25, 0.3) is 5.91 Å². The second kappa shape index (κ2) is 11.6. The number of carbonyl (C=O) groups is 2. The molecule has 33 heavy (non-hydrogen) atoms. The molecule has 0 saturated carbocycles. The number of ether oxygens (including phenoxy) is 3. The first-order valence-electron chi connectivity index (χ1n) is 10.6. The summed E-state index contributed by atoms with van der Waals surface area (Å²) in [4.78, 5) is 25.0. The van der Waals surface area contributed by atoms with E-state index in [1.165, 1.54) is 13.4 Å². The highest BCUT2D eigenvalue weighted by molar-refractivity contribution is 5.98. The van der Waals surface area contributed by atoms with Crippen LogP contribution in [0.4, 0.5) is 0 Å². The standard InChI is InChI=1S/C25H28N2O6/c1-17(2)11-13-31-21-10-9-18(15-22(21)30-3)24(28)26-27-25(29)23-19(12-14-32-23)16-33-20-7-5-4-6-8-20/h4-10,12,14-15,17H,11,13,16H2,1-3H3,(H,26,28)(H,27,29). The van der Waals surface area contributed by atoms with Gasteiger partial charge in [0.05, 0.1) is 20.0 Å². The van der Waals surface area contributed by atoms with Crippen LogP contribution < -0.4 is 25.1 Å². The molecule has 0 atom stereocenters. The van der Waals surface area contributed by atoms with Gasteiger partial charge < -0.3 is 18.6 Å². The van der Waals surface area contributed by atoms with Crippen LogP contribution in [-0.2, 0) is 6.61 Å². The molecule has 3 rings (SSSR count). The van der Waals surface area contributed by atoms with Crippen molar-refractivity contribution in [3.8, 4) is 17.2 Å². The molecular formula is C25H28N2O6. The van der Waals surface area contributed by atoms with Gasteiger partial charge in [-0.2, -0.15) is 0 Å². The molecule has 2 N–H and O–H groups in total. The third-order valence-electron chi connectivity index (χ3n) is 4.76. The molecule has 1 aromatic heterocycles. The summed E-state index contributed by atoms with van der Waals surface area (Å²) >= 11 is 0. The monoisotopic (exact) mass is 452 g/mol. The van der Waals surface area contributed by atoms with Crippen LogP contribution in [0.15, 0.2) is 65.3 Å². The van der Waals surface area contributed by atoms with Crippen molar-refractivity contribution in [3.05, 3.63) is 77.7 Å². The molecule has 174 valence electrons. The number of hydrogen-bond donors (Lipinski definition) is 2. The summed E-state index contributed by atoms with van der Waals surface area (Å²) < 4.78 is 22.0. The highest BCUT2D eigenvalue weighted by atomic mass is 16.5. The molecule has 0 radical (unpaired) electrons. The maximum absolute atomic E-state index is 12.5. The minimum absolute atomic E-state index is 0.0534. The van der Waals surface area contributed by atoms with Crippen LogP contribution in [0.5, 0.6) is 17.2 Å². The van der Waals surface area contributed by atoms with E-state index in [4.69, 9.17) is 18.6 Å². The molecule has 0 fully saturated rings. The van der Waals surface area contributed by atoms with Gasteiger partial charge >= 0.3 is 5.91 Å². The third kappa shape index (κ3) is 6.77. The Balaban J connectivity index is 1.56. The van der Waals surface area contributed by atoms with Gasteiger partial charge in [0.1, 0.15) is 12.4 Å². The van der Waals surface area contributed by atoms with Gasteiger partial charge in [0, 0.05) is 11.1 Å². The maximum atomic E-state index is 12.5. The Morgan fingerprint density at radius 1 is 0.939 bits per heavy atom. The lowest BCUT2D eigenvalue weighted by molar-refractivity contribution is 0.0828. The van der Waals surface area contributed by atoms with Gasteiger partial charge in [-0.1, -0.05) is 32.0 Å². The van der Waals surface area contributed by atoms with Crippen molar-refractivity contribution in [1.29, 1.82) is 0 Å². The first-order valence-corrected chi connectivity index (χ1v) is 10.6. The molecule has 0 bridgehead atoms. The number of amides is 2. The average Bonchev–Trinajstić information content (AvgIpc) is 3.30. The molecule has 3 aromatic rings. The van der Waals surface area contributed by atoms with Gasteiger partial charge in [-0.3, -0.25) is 20.4 Å². The zero-order valence-electron chi connectivity index (χ0n) is 18.9. The topological polar surface area (TPSA) is 99.0 Å². The molecule has 8 heteroatoms. The van der Waals surface area contributed by atoms with Crippen molar-refractivity contribution >= 4 is 11.8 Å². The highest BCUT2D eigenvalue weighted by Crippen LogP contribution is 2.28. The number of benzene rings is 2. The van der Waals surface area contributed by atoms with Crippen LogP contribution in [0.2, 0.25) is 0 Å². The van der Waals surface area contributed by atoms with Crippen LogP contribution in [-0.4, -0.2) is 25.5 Å². The number of rotatable bonds is 10. The average molecular weight is 453 g/mol.